The minimum atomic E-state index is -0.928. The second-order valence-corrected chi connectivity index (χ2v) is 5.76. The zero-order chi connectivity index (χ0) is 14.8. The summed E-state index contributed by atoms with van der Waals surface area (Å²) in [6.45, 7) is 0.360. The van der Waals surface area contributed by atoms with Crippen LogP contribution in [0.3, 0.4) is 0 Å². The zero-order valence-corrected chi connectivity index (χ0v) is 11.8. The van der Waals surface area contributed by atoms with Gasteiger partial charge in [0.15, 0.2) is 6.10 Å². The number of carboxylic acids is 1. The third kappa shape index (κ3) is 2.95. The molecule has 2 unspecified atom stereocenters. The van der Waals surface area contributed by atoms with Gasteiger partial charge in [0.25, 0.3) is 5.91 Å². The van der Waals surface area contributed by atoms with Gasteiger partial charge in [-0.1, -0.05) is 0 Å². The summed E-state index contributed by atoms with van der Waals surface area (Å²) in [5, 5.41) is 11.7. The molecule has 2 atom stereocenters. The van der Waals surface area contributed by atoms with Crippen molar-refractivity contribution in [3.8, 4) is 0 Å². The van der Waals surface area contributed by atoms with Gasteiger partial charge in [0.05, 0.1) is 6.10 Å². The van der Waals surface area contributed by atoms with Gasteiger partial charge in [-0.05, 0) is 44.2 Å². The molecule has 114 valence electrons. The first-order chi connectivity index (χ1) is 10.1. The Morgan fingerprint density at radius 3 is 2.76 bits per heavy atom. The van der Waals surface area contributed by atoms with Crippen molar-refractivity contribution in [3.05, 3.63) is 24.0 Å². The van der Waals surface area contributed by atoms with Gasteiger partial charge in [-0.15, -0.1) is 0 Å². The molecule has 21 heavy (non-hydrogen) atoms. The number of carbonyl (C=O) groups excluding carboxylic acids is 1. The highest BCUT2D eigenvalue weighted by Crippen LogP contribution is 2.32. The highest BCUT2D eigenvalue weighted by atomic mass is 16.5. The minimum absolute atomic E-state index is 0.116. The van der Waals surface area contributed by atoms with Crippen molar-refractivity contribution in [3.63, 3.8) is 0 Å². The minimum Gasteiger partial charge on any atom is -0.479 e. The van der Waals surface area contributed by atoms with E-state index in [0.29, 0.717) is 31.1 Å². The van der Waals surface area contributed by atoms with E-state index in [-0.39, 0.29) is 12.0 Å². The van der Waals surface area contributed by atoms with Crippen LogP contribution in [0.4, 0.5) is 0 Å². The molecule has 0 aromatic carbocycles. The van der Waals surface area contributed by atoms with Crippen LogP contribution < -0.4 is 5.32 Å². The summed E-state index contributed by atoms with van der Waals surface area (Å²) in [7, 11) is 0. The lowest BCUT2D eigenvalue weighted by Crippen LogP contribution is -2.35. The average Bonchev–Trinajstić information content (AvgIpc) is 3.02. The Hall–Kier alpha value is -1.82. The summed E-state index contributed by atoms with van der Waals surface area (Å²) in [6.07, 6.45) is 5.66. The Balaban J connectivity index is 1.53. The number of rotatable bonds is 5. The maximum Gasteiger partial charge on any atom is 0.332 e. The fraction of sp³-hybridized carbons (Fsp3) is 0.600. The standard InChI is InChI=1S/C15H20N2O4/c18-14(12-5-2-8-17(12)10-3-1-4-10)16-9-11-6-7-13(21-11)15(19)20/h2,5,8,10-11,13H,1,3-4,6-7,9H2,(H,16,18)(H,19,20). The Morgan fingerprint density at radius 1 is 1.33 bits per heavy atom. The van der Waals surface area contributed by atoms with Crippen LogP contribution in [0.25, 0.3) is 0 Å². The summed E-state index contributed by atoms with van der Waals surface area (Å²) >= 11 is 0. The van der Waals surface area contributed by atoms with Gasteiger partial charge >= 0.3 is 5.97 Å². The van der Waals surface area contributed by atoms with Crippen LogP contribution in [0.5, 0.6) is 0 Å². The first-order valence-corrected chi connectivity index (χ1v) is 7.48. The van der Waals surface area contributed by atoms with Gasteiger partial charge in [0.2, 0.25) is 0 Å². The molecule has 0 radical (unpaired) electrons. The normalized spacial score (nSPS) is 25.5. The predicted octanol–water partition coefficient (Wildman–Crippen LogP) is 1.58. The van der Waals surface area contributed by atoms with Crippen LogP contribution >= 0.6 is 0 Å². The molecule has 6 heteroatoms. The number of hydrogen-bond acceptors (Lipinski definition) is 3. The van der Waals surface area contributed by atoms with Gasteiger partial charge in [-0.25, -0.2) is 4.79 Å². The van der Waals surface area contributed by atoms with E-state index in [2.05, 4.69) is 5.32 Å². The molecule has 1 aromatic heterocycles. The highest BCUT2D eigenvalue weighted by Gasteiger charge is 2.31. The number of carboxylic acid groups (broad SMARTS) is 1. The summed E-state index contributed by atoms with van der Waals surface area (Å²) in [6, 6.07) is 4.16. The largest absolute Gasteiger partial charge is 0.479 e. The Labute approximate surface area is 123 Å². The number of carbonyl (C=O) groups is 2. The zero-order valence-electron chi connectivity index (χ0n) is 11.8. The quantitative estimate of drug-likeness (QED) is 0.863. The van der Waals surface area contributed by atoms with Crippen LogP contribution in [-0.4, -0.2) is 40.3 Å². The summed E-state index contributed by atoms with van der Waals surface area (Å²) in [5.74, 6) is -1.04. The van der Waals surface area contributed by atoms with Gasteiger partial charge in [-0.3, -0.25) is 4.79 Å². The smallest absolute Gasteiger partial charge is 0.332 e. The van der Waals surface area contributed by atoms with Gasteiger partial charge in [0.1, 0.15) is 5.69 Å². The van der Waals surface area contributed by atoms with Crippen molar-refractivity contribution >= 4 is 11.9 Å². The van der Waals surface area contributed by atoms with Crippen LogP contribution in [-0.2, 0) is 9.53 Å². The van der Waals surface area contributed by atoms with Crippen LogP contribution in [0, 0.1) is 0 Å². The molecule has 6 nitrogen and oxygen atoms in total. The number of ether oxygens (including phenoxy) is 1. The molecule has 0 bridgehead atoms. The van der Waals surface area contributed by atoms with E-state index in [9.17, 15) is 9.59 Å². The molecule has 1 saturated heterocycles. The summed E-state index contributed by atoms with van der Waals surface area (Å²) < 4.78 is 7.42. The van der Waals surface area contributed by atoms with Crippen LogP contribution in [0.1, 0.15) is 48.6 Å². The molecule has 1 aliphatic carbocycles. The van der Waals surface area contributed by atoms with Crippen molar-refractivity contribution in [1.29, 1.82) is 0 Å². The van der Waals surface area contributed by atoms with Gasteiger partial charge in [0, 0.05) is 18.8 Å². The van der Waals surface area contributed by atoms with E-state index < -0.39 is 12.1 Å². The number of hydrogen-bond donors (Lipinski definition) is 2. The van der Waals surface area contributed by atoms with E-state index in [4.69, 9.17) is 9.84 Å². The molecule has 1 aromatic rings. The Kier molecular flexibility index (Phi) is 3.96. The molecule has 1 saturated carbocycles. The second-order valence-electron chi connectivity index (χ2n) is 5.76. The van der Waals surface area contributed by atoms with Crippen LogP contribution in [0.2, 0.25) is 0 Å². The molecule has 2 aliphatic rings. The lowest BCUT2D eigenvalue weighted by molar-refractivity contribution is -0.149. The number of amides is 1. The summed E-state index contributed by atoms with van der Waals surface area (Å²) in [5.41, 5.74) is 0.674. The molecular weight excluding hydrogens is 272 g/mol. The second kappa shape index (κ2) is 5.89. The lowest BCUT2D eigenvalue weighted by Gasteiger charge is -2.28. The Bertz CT molecular complexity index is 536. The number of aromatic nitrogens is 1. The van der Waals surface area contributed by atoms with E-state index in [0.717, 1.165) is 12.8 Å². The molecule has 1 amide bonds. The molecule has 3 rings (SSSR count). The topological polar surface area (TPSA) is 80.6 Å². The molecule has 2 N–H and O–H groups in total. The number of nitrogens with zero attached hydrogens (tertiary/aromatic N) is 1. The fourth-order valence-electron chi connectivity index (χ4n) is 2.90. The molecule has 0 spiro atoms. The van der Waals surface area contributed by atoms with Crippen molar-refractivity contribution in [2.75, 3.05) is 6.54 Å². The SMILES string of the molecule is O=C(NCC1CCC(C(=O)O)O1)c1cccn1C1CCC1. The van der Waals surface area contributed by atoms with E-state index in [1.54, 1.807) is 0 Å². The van der Waals surface area contributed by atoms with Crippen molar-refractivity contribution in [2.24, 2.45) is 0 Å². The monoisotopic (exact) mass is 292 g/mol. The first-order valence-electron chi connectivity index (χ1n) is 7.48. The third-order valence-corrected chi connectivity index (χ3v) is 4.35. The van der Waals surface area contributed by atoms with Gasteiger partial charge < -0.3 is 19.7 Å². The average molecular weight is 292 g/mol. The molecule has 2 heterocycles. The summed E-state index contributed by atoms with van der Waals surface area (Å²) in [4.78, 5) is 23.1. The predicted molar refractivity (Wildman–Crippen MR) is 75.2 cm³/mol. The molecular formula is C15H20N2O4. The molecule has 1 aliphatic heterocycles. The number of nitrogens with one attached hydrogen (secondary N) is 1. The van der Waals surface area contributed by atoms with E-state index >= 15 is 0 Å². The van der Waals surface area contributed by atoms with E-state index in [1.807, 2.05) is 22.9 Å². The molecule has 2 fully saturated rings. The van der Waals surface area contributed by atoms with Crippen molar-refractivity contribution < 1.29 is 19.4 Å². The first kappa shape index (κ1) is 14.1. The highest BCUT2D eigenvalue weighted by molar-refractivity contribution is 5.92. The number of aliphatic carboxylic acids is 1. The maximum absolute atomic E-state index is 12.2. The van der Waals surface area contributed by atoms with Crippen molar-refractivity contribution in [2.45, 2.75) is 50.4 Å². The Morgan fingerprint density at radius 2 is 2.14 bits per heavy atom. The van der Waals surface area contributed by atoms with Crippen LogP contribution in [0.15, 0.2) is 18.3 Å². The maximum atomic E-state index is 12.2. The third-order valence-electron chi connectivity index (χ3n) is 4.35. The fourth-order valence-corrected chi connectivity index (χ4v) is 2.90. The van der Waals surface area contributed by atoms with Gasteiger partial charge in [-0.2, -0.15) is 0 Å². The lowest BCUT2D eigenvalue weighted by atomic mass is 9.93. The van der Waals surface area contributed by atoms with Crippen molar-refractivity contribution in [1.82, 2.24) is 9.88 Å². The van der Waals surface area contributed by atoms with E-state index in [1.165, 1.54) is 6.42 Å².